The number of ketones is 1. The maximum absolute atomic E-state index is 12.9. The number of thiophene rings is 1. The van der Waals surface area contributed by atoms with Gasteiger partial charge in [0.25, 0.3) is 0 Å². The van der Waals surface area contributed by atoms with E-state index in [2.05, 4.69) is 0 Å². The quantitative estimate of drug-likeness (QED) is 0.506. The normalized spacial score (nSPS) is 13.3. The first kappa shape index (κ1) is 19.9. The number of rotatable bonds is 6. The molecule has 0 amide bonds. The summed E-state index contributed by atoms with van der Waals surface area (Å²) < 4.78 is 25.8. The summed E-state index contributed by atoms with van der Waals surface area (Å²) in [5.41, 5.74) is -0.585. The van der Waals surface area contributed by atoms with Gasteiger partial charge in [0.1, 0.15) is 11.5 Å². The molecule has 1 unspecified atom stereocenters. The van der Waals surface area contributed by atoms with Crippen molar-refractivity contribution in [3.63, 3.8) is 0 Å². The van der Waals surface area contributed by atoms with E-state index in [1.165, 1.54) is 29.5 Å². The molecule has 0 radical (unpaired) electrons. The van der Waals surface area contributed by atoms with Crippen LogP contribution in [0.4, 0.5) is 4.39 Å². The molecule has 140 valence electrons. The van der Waals surface area contributed by atoms with E-state index < -0.39 is 19.0 Å². The molecular formula is C19H15ClFO4PS. The molecule has 27 heavy (non-hydrogen) atoms. The first-order valence-electron chi connectivity index (χ1n) is 7.92. The molecule has 0 aliphatic carbocycles. The lowest BCUT2D eigenvalue weighted by Gasteiger charge is -2.16. The van der Waals surface area contributed by atoms with Crippen molar-refractivity contribution in [2.75, 3.05) is 0 Å². The third-order valence-corrected chi connectivity index (χ3v) is 6.46. The highest BCUT2D eigenvalue weighted by Gasteiger charge is 2.37. The summed E-state index contributed by atoms with van der Waals surface area (Å²) in [4.78, 5) is 32.2. The van der Waals surface area contributed by atoms with Gasteiger partial charge >= 0.3 is 7.60 Å². The number of carbonyl (C=O) groups excluding carboxylic acids is 1. The van der Waals surface area contributed by atoms with Crippen molar-refractivity contribution in [2.24, 2.45) is 0 Å². The van der Waals surface area contributed by atoms with Crippen molar-refractivity contribution >= 4 is 52.5 Å². The van der Waals surface area contributed by atoms with Crippen LogP contribution in [0.15, 0.2) is 53.9 Å². The van der Waals surface area contributed by atoms with Crippen molar-refractivity contribution in [3.05, 3.63) is 75.9 Å². The Balaban J connectivity index is 1.88. The summed E-state index contributed by atoms with van der Waals surface area (Å²) in [6, 6.07) is 10.7. The van der Waals surface area contributed by atoms with Gasteiger partial charge in [-0.15, -0.1) is 11.3 Å². The molecule has 2 N–H and O–H groups in total. The number of allylic oxidation sites excluding steroid dienone is 1. The maximum Gasteiger partial charge on any atom is 0.340 e. The highest BCUT2D eigenvalue weighted by atomic mass is 35.5. The van der Waals surface area contributed by atoms with Crippen LogP contribution in [0.3, 0.4) is 0 Å². The third-order valence-electron chi connectivity index (χ3n) is 4.00. The van der Waals surface area contributed by atoms with Gasteiger partial charge in [0.15, 0.2) is 5.78 Å². The summed E-state index contributed by atoms with van der Waals surface area (Å²) in [6.45, 7) is 0. The third kappa shape index (κ3) is 4.72. The van der Waals surface area contributed by atoms with E-state index in [0.717, 1.165) is 4.70 Å². The highest BCUT2D eigenvalue weighted by molar-refractivity contribution is 7.53. The van der Waals surface area contributed by atoms with E-state index in [-0.39, 0.29) is 17.8 Å². The number of hydrogen-bond acceptors (Lipinski definition) is 3. The molecule has 0 aliphatic rings. The number of fused-ring (bicyclic) bond motifs is 1. The van der Waals surface area contributed by atoms with Crippen LogP contribution in [0.1, 0.15) is 23.2 Å². The Morgan fingerprint density at radius 1 is 1.22 bits per heavy atom. The van der Waals surface area contributed by atoms with Crippen LogP contribution in [0.5, 0.6) is 0 Å². The predicted octanol–water partition coefficient (Wildman–Crippen LogP) is 5.59. The second kappa shape index (κ2) is 8.05. The average Bonchev–Trinajstić information content (AvgIpc) is 2.98. The predicted molar refractivity (Wildman–Crippen MR) is 107 cm³/mol. The zero-order valence-electron chi connectivity index (χ0n) is 13.9. The monoisotopic (exact) mass is 424 g/mol. The zero-order valence-corrected chi connectivity index (χ0v) is 16.3. The van der Waals surface area contributed by atoms with Crippen LogP contribution >= 0.6 is 30.5 Å². The molecule has 0 aliphatic heterocycles. The fraction of sp³-hybridized carbons (Fsp3) is 0.105. The van der Waals surface area contributed by atoms with Crippen LogP contribution in [-0.2, 0) is 9.36 Å². The van der Waals surface area contributed by atoms with Gasteiger partial charge in [-0.1, -0.05) is 35.9 Å². The Kier molecular flexibility index (Phi) is 5.94. The Hall–Kier alpha value is -1.82. The van der Waals surface area contributed by atoms with E-state index in [0.29, 0.717) is 16.0 Å². The zero-order chi connectivity index (χ0) is 19.6. The standard InChI is InChI=1S/C19H15ClFO4PS/c20-13-6-9-18-15(10-13)16(11-27-18)19(26(23,24)25)17(22)3-1-2-12-4-7-14(21)8-5-12/h1-2,4-11,19H,3H2,(H2,23,24,25)/b2-1+. The Morgan fingerprint density at radius 3 is 2.59 bits per heavy atom. The SMILES string of the molecule is O=C(C/C=C/c1ccc(F)cc1)C(c1csc2ccc(Cl)cc12)P(=O)(O)O. The van der Waals surface area contributed by atoms with Gasteiger partial charge in [-0.2, -0.15) is 0 Å². The lowest BCUT2D eigenvalue weighted by atomic mass is 10.0. The largest absolute Gasteiger partial charge is 0.340 e. The van der Waals surface area contributed by atoms with E-state index in [1.54, 1.807) is 41.8 Å². The molecule has 0 saturated heterocycles. The molecule has 1 heterocycles. The van der Waals surface area contributed by atoms with Gasteiger partial charge in [0, 0.05) is 16.1 Å². The molecule has 4 nitrogen and oxygen atoms in total. The van der Waals surface area contributed by atoms with Gasteiger partial charge in [-0.25, -0.2) is 4.39 Å². The summed E-state index contributed by atoms with van der Waals surface area (Å²) in [5.74, 6) is -0.964. The molecular weight excluding hydrogens is 410 g/mol. The smallest absolute Gasteiger partial charge is 0.324 e. The summed E-state index contributed by atoms with van der Waals surface area (Å²) >= 11 is 7.30. The molecule has 3 aromatic rings. The fourth-order valence-corrected chi connectivity index (χ4v) is 5.07. The number of benzene rings is 2. The number of hydrogen-bond donors (Lipinski definition) is 2. The first-order chi connectivity index (χ1) is 12.8. The van der Waals surface area contributed by atoms with E-state index >= 15 is 0 Å². The van der Waals surface area contributed by atoms with Crippen LogP contribution < -0.4 is 0 Å². The topological polar surface area (TPSA) is 74.6 Å². The van der Waals surface area contributed by atoms with Crippen LogP contribution in [0.25, 0.3) is 16.2 Å². The van der Waals surface area contributed by atoms with Gasteiger partial charge in [-0.05, 0) is 52.2 Å². The Bertz CT molecular complexity index is 1060. The minimum Gasteiger partial charge on any atom is -0.324 e. The van der Waals surface area contributed by atoms with E-state index in [9.17, 15) is 23.5 Å². The van der Waals surface area contributed by atoms with Crippen molar-refractivity contribution in [1.29, 1.82) is 0 Å². The number of Topliss-reactive ketones (excluding diaryl/α,β-unsaturated/α-hetero) is 1. The summed E-state index contributed by atoms with van der Waals surface area (Å²) in [7, 11) is -4.73. The van der Waals surface area contributed by atoms with Gasteiger partial charge in [0.2, 0.25) is 0 Å². The minimum atomic E-state index is -4.73. The minimum absolute atomic E-state index is 0.162. The average molecular weight is 425 g/mol. The van der Waals surface area contributed by atoms with Gasteiger partial charge < -0.3 is 9.79 Å². The van der Waals surface area contributed by atoms with Crippen LogP contribution in [-0.4, -0.2) is 15.6 Å². The molecule has 3 rings (SSSR count). The lowest BCUT2D eigenvalue weighted by Crippen LogP contribution is -2.12. The molecule has 0 fully saturated rings. The second-order valence-electron chi connectivity index (χ2n) is 5.95. The van der Waals surface area contributed by atoms with Crippen molar-refractivity contribution in [3.8, 4) is 0 Å². The van der Waals surface area contributed by atoms with Crippen molar-refractivity contribution < 1.29 is 23.5 Å². The van der Waals surface area contributed by atoms with Crippen LogP contribution in [0, 0.1) is 5.82 Å². The van der Waals surface area contributed by atoms with Gasteiger partial charge in [-0.3, -0.25) is 9.36 Å². The van der Waals surface area contributed by atoms with E-state index in [4.69, 9.17) is 11.6 Å². The molecule has 0 bridgehead atoms. The van der Waals surface area contributed by atoms with Crippen molar-refractivity contribution in [1.82, 2.24) is 0 Å². The number of carbonyl (C=O) groups is 1. The number of halogens is 2. The molecule has 0 spiro atoms. The summed E-state index contributed by atoms with van der Waals surface area (Å²) in [5, 5.41) is 2.58. The fourth-order valence-electron chi connectivity index (χ4n) is 2.77. The molecule has 1 atom stereocenters. The van der Waals surface area contributed by atoms with Crippen LogP contribution in [0.2, 0.25) is 5.02 Å². The molecule has 1 aromatic heterocycles. The molecule has 2 aromatic carbocycles. The van der Waals surface area contributed by atoms with E-state index in [1.807, 2.05) is 0 Å². The lowest BCUT2D eigenvalue weighted by molar-refractivity contribution is -0.118. The highest BCUT2D eigenvalue weighted by Crippen LogP contribution is 2.55. The summed E-state index contributed by atoms with van der Waals surface area (Å²) in [6.07, 6.45) is 2.96. The second-order valence-corrected chi connectivity index (χ2v) is 8.99. The van der Waals surface area contributed by atoms with Crippen molar-refractivity contribution in [2.45, 2.75) is 12.1 Å². The first-order valence-corrected chi connectivity index (χ1v) is 10.9. The Morgan fingerprint density at radius 2 is 1.93 bits per heavy atom. The van der Waals surface area contributed by atoms with Gasteiger partial charge in [0.05, 0.1) is 0 Å². The molecule has 0 saturated carbocycles. The molecule has 8 heteroatoms. The Labute approximate surface area is 164 Å². The maximum atomic E-state index is 12.9.